The number of halogens is 2. The van der Waals surface area contributed by atoms with E-state index in [4.69, 9.17) is 28.2 Å². The molecule has 1 aliphatic rings. The Morgan fingerprint density at radius 1 is 1.33 bits per heavy atom. The maximum absolute atomic E-state index is 6.10. The van der Waals surface area contributed by atoms with Crippen molar-refractivity contribution in [3.05, 3.63) is 29.0 Å². The maximum atomic E-state index is 6.10. The van der Waals surface area contributed by atoms with Crippen LogP contribution in [0.25, 0.3) is 11.0 Å². The summed E-state index contributed by atoms with van der Waals surface area (Å²) < 4.78 is 2.73. The summed E-state index contributed by atoms with van der Waals surface area (Å²) in [5.41, 5.74) is 2.16. The average molecular weight is 343 g/mol. The Balaban J connectivity index is 2.04. The van der Waals surface area contributed by atoms with E-state index in [0.29, 0.717) is 10.6 Å². The van der Waals surface area contributed by atoms with Crippen molar-refractivity contribution >= 4 is 46.0 Å². The van der Waals surface area contributed by atoms with Gasteiger partial charge in [-0.3, -0.25) is 0 Å². The van der Waals surface area contributed by atoms with E-state index in [9.17, 15) is 0 Å². The van der Waals surface area contributed by atoms with E-state index in [1.54, 1.807) is 0 Å². The topological polar surface area (TPSA) is 17.8 Å². The monoisotopic (exact) mass is 342 g/mol. The summed E-state index contributed by atoms with van der Waals surface area (Å²) in [6.07, 6.45) is 8.30. The minimum Gasteiger partial charge on any atom is -0.327 e. The minimum atomic E-state index is 0.355. The third-order valence-corrected chi connectivity index (χ3v) is 6.33. The normalized spacial score (nSPS) is 17.7. The molecule has 1 aliphatic carbocycles. The summed E-state index contributed by atoms with van der Waals surface area (Å²) in [6, 6.07) is 5.99. The number of nitrogens with zero attached hydrogens (tertiary/aromatic N) is 2. The summed E-state index contributed by atoms with van der Waals surface area (Å²) in [6.45, 7) is 1.03. The summed E-state index contributed by atoms with van der Waals surface area (Å²) >= 11 is 14.1. The largest absolute Gasteiger partial charge is 0.327 e. The van der Waals surface area contributed by atoms with E-state index in [1.807, 2.05) is 23.9 Å². The van der Waals surface area contributed by atoms with Gasteiger partial charge in [0.25, 0.3) is 0 Å². The molecule has 114 valence electrons. The van der Waals surface area contributed by atoms with Gasteiger partial charge in [0, 0.05) is 28.6 Å². The summed E-state index contributed by atoms with van der Waals surface area (Å²) in [5.74, 6) is 1.69. The molecule has 0 amide bonds. The van der Waals surface area contributed by atoms with Gasteiger partial charge in [-0.15, -0.1) is 11.6 Å². The zero-order valence-corrected chi connectivity index (χ0v) is 14.6. The molecule has 21 heavy (non-hydrogen) atoms. The van der Waals surface area contributed by atoms with Gasteiger partial charge in [0.2, 0.25) is 0 Å². The van der Waals surface area contributed by atoms with Gasteiger partial charge in [0.15, 0.2) is 0 Å². The zero-order chi connectivity index (χ0) is 14.9. The molecule has 5 heteroatoms. The molecule has 0 N–H and O–H groups in total. The Morgan fingerprint density at radius 3 is 2.76 bits per heavy atom. The van der Waals surface area contributed by atoms with Crippen LogP contribution in [0.1, 0.15) is 31.5 Å². The predicted molar refractivity (Wildman–Crippen MR) is 93.9 cm³/mol. The SMILES string of the molecule is CSC1(Cn2c(CCCl)nc3cc(Cl)ccc32)CCCC1. The second-order valence-electron chi connectivity index (χ2n) is 5.78. The predicted octanol–water partition coefficient (Wildman–Crippen LogP) is 5.15. The molecule has 0 aliphatic heterocycles. The summed E-state index contributed by atoms with van der Waals surface area (Å²) in [5, 5.41) is 0.741. The molecule has 1 aromatic heterocycles. The molecule has 0 bridgehead atoms. The van der Waals surface area contributed by atoms with Crippen molar-refractivity contribution in [2.24, 2.45) is 0 Å². The van der Waals surface area contributed by atoms with Crippen molar-refractivity contribution in [2.45, 2.75) is 43.4 Å². The molecular formula is C16H20Cl2N2S. The quantitative estimate of drug-likeness (QED) is 0.699. The van der Waals surface area contributed by atoms with E-state index in [2.05, 4.69) is 16.9 Å². The molecule has 2 aromatic rings. The van der Waals surface area contributed by atoms with Gasteiger partial charge in [-0.05, 0) is 37.3 Å². The van der Waals surface area contributed by atoms with Crippen molar-refractivity contribution in [3.8, 4) is 0 Å². The van der Waals surface area contributed by atoms with Gasteiger partial charge < -0.3 is 4.57 Å². The molecule has 0 atom stereocenters. The number of imidazole rings is 1. The van der Waals surface area contributed by atoms with Crippen LogP contribution in [0.3, 0.4) is 0 Å². The first-order chi connectivity index (χ1) is 10.2. The van der Waals surface area contributed by atoms with Gasteiger partial charge in [-0.25, -0.2) is 4.98 Å². The van der Waals surface area contributed by atoms with Gasteiger partial charge >= 0.3 is 0 Å². The van der Waals surface area contributed by atoms with E-state index in [1.165, 1.54) is 31.2 Å². The number of aryl methyl sites for hydroxylation is 1. The lowest BCUT2D eigenvalue weighted by atomic mass is 10.1. The van der Waals surface area contributed by atoms with E-state index in [-0.39, 0.29) is 0 Å². The second-order valence-corrected chi connectivity index (χ2v) is 7.87. The second kappa shape index (κ2) is 6.39. The number of fused-ring (bicyclic) bond motifs is 1. The molecule has 2 nitrogen and oxygen atoms in total. The molecule has 0 spiro atoms. The van der Waals surface area contributed by atoms with Crippen LogP contribution in [0, 0.1) is 0 Å². The summed E-state index contributed by atoms with van der Waals surface area (Å²) in [4.78, 5) is 4.76. The Morgan fingerprint density at radius 2 is 2.10 bits per heavy atom. The molecular weight excluding hydrogens is 323 g/mol. The molecule has 3 rings (SSSR count). The lowest BCUT2D eigenvalue weighted by molar-refractivity contribution is 0.502. The van der Waals surface area contributed by atoms with Gasteiger partial charge in [0.1, 0.15) is 5.82 Å². The first-order valence-electron chi connectivity index (χ1n) is 7.43. The Hall–Kier alpha value is -0.380. The molecule has 1 heterocycles. The van der Waals surface area contributed by atoms with Crippen molar-refractivity contribution in [1.82, 2.24) is 9.55 Å². The van der Waals surface area contributed by atoms with Gasteiger partial charge in [-0.1, -0.05) is 24.4 Å². The van der Waals surface area contributed by atoms with Crippen LogP contribution in [0.2, 0.25) is 5.02 Å². The smallest absolute Gasteiger partial charge is 0.111 e. The Labute approximate surface area is 140 Å². The number of rotatable bonds is 5. The molecule has 0 radical (unpaired) electrons. The highest BCUT2D eigenvalue weighted by Crippen LogP contribution is 2.42. The van der Waals surface area contributed by atoms with E-state index in [0.717, 1.165) is 29.3 Å². The maximum Gasteiger partial charge on any atom is 0.111 e. The molecule has 1 fully saturated rings. The van der Waals surface area contributed by atoms with Crippen LogP contribution in [0.4, 0.5) is 0 Å². The highest BCUT2D eigenvalue weighted by molar-refractivity contribution is 8.00. The van der Waals surface area contributed by atoms with Crippen molar-refractivity contribution < 1.29 is 0 Å². The van der Waals surface area contributed by atoms with Crippen LogP contribution >= 0.6 is 35.0 Å². The minimum absolute atomic E-state index is 0.355. The van der Waals surface area contributed by atoms with Crippen molar-refractivity contribution in [1.29, 1.82) is 0 Å². The van der Waals surface area contributed by atoms with E-state index < -0.39 is 0 Å². The number of hydrogen-bond donors (Lipinski definition) is 0. The first-order valence-corrected chi connectivity index (χ1v) is 9.57. The highest BCUT2D eigenvalue weighted by Gasteiger charge is 2.34. The number of alkyl halides is 1. The number of hydrogen-bond acceptors (Lipinski definition) is 2. The molecule has 0 unspecified atom stereocenters. The van der Waals surface area contributed by atoms with Crippen LogP contribution in [0.5, 0.6) is 0 Å². The fraction of sp³-hybridized carbons (Fsp3) is 0.562. The molecule has 1 aromatic carbocycles. The van der Waals surface area contributed by atoms with Gasteiger partial charge in [0.05, 0.1) is 11.0 Å². The molecule has 0 saturated heterocycles. The Kier molecular flexibility index (Phi) is 4.72. The number of thioether (sulfide) groups is 1. The highest BCUT2D eigenvalue weighted by atomic mass is 35.5. The third kappa shape index (κ3) is 3.06. The first kappa shape index (κ1) is 15.5. The van der Waals surface area contributed by atoms with Crippen molar-refractivity contribution in [3.63, 3.8) is 0 Å². The Bertz CT molecular complexity index is 632. The van der Waals surface area contributed by atoms with Crippen LogP contribution in [0.15, 0.2) is 18.2 Å². The van der Waals surface area contributed by atoms with Crippen LogP contribution in [-0.2, 0) is 13.0 Å². The third-order valence-electron chi connectivity index (χ3n) is 4.50. The zero-order valence-electron chi connectivity index (χ0n) is 12.2. The summed E-state index contributed by atoms with van der Waals surface area (Å²) in [7, 11) is 0. The fourth-order valence-corrected chi connectivity index (χ4v) is 4.63. The van der Waals surface area contributed by atoms with Gasteiger partial charge in [-0.2, -0.15) is 11.8 Å². The lowest BCUT2D eigenvalue weighted by Crippen LogP contribution is -2.27. The average Bonchev–Trinajstić information content (AvgIpc) is 3.06. The van der Waals surface area contributed by atoms with Crippen LogP contribution < -0.4 is 0 Å². The fourth-order valence-electron chi connectivity index (χ4n) is 3.34. The van der Waals surface area contributed by atoms with Crippen LogP contribution in [-0.4, -0.2) is 26.4 Å². The standard InChI is InChI=1S/C16H20Cl2N2S/c1-21-16(7-2-3-8-16)11-20-14-5-4-12(18)10-13(14)19-15(20)6-9-17/h4-5,10H,2-3,6-9,11H2,1H3. The van der Waals surface area contributed by atoms with Crippen molar-refractivity contribution in [2.75, 3.05) is 12.1 Å². The number of benzene rings is 1. The number of aromatic nitrogens is 2. The lowest BCUT2D eigenvalue weighted by Gasteiger charge is -2.28. The van der Waals surface area contributed by atoms with E-state index >= 15 is 0 Å². The molecule has 1 saturated carbocycles.